The fourth-order valence-electron chi connectivity index (χ4n) is 4.49. The molecule has 0 unspecified atom stereocenters. The van der Waals surface area contributed by atoms with Crippen LogP contribution >= 0.6 is 0 Å². The van der Waals surface area contributed by atoms with Crippen molar-refractivity contribution < 1.29 is 9.47 Å². The summed E-state index contributed by atoms with van der Waals surface area (Å²) in [7, 11) is 1.73. The monoisotopic (exact) mass is 434 g/mol. The van der Waals surface area contributed by atoms with Gasteiger partial charge in [0.1, 0.15) is 5.75 Å². The Balaban J connectivity index is 1.55. The molecule has 1 aliphatic rings. The first kappa shape index (κ1) is 22.5. The number of ether oxygens (including phenoxy) is 2. The molecule has 1 aliphatic heterocycles. The van der Waals surface area contributed by atoms with Gasteiger partial charge in [-0.1, -0.05) is 18.2 Å². The minimum absolute atomic E-state index is 0.836. The van der Waals surface area contributed by atoms with Crippen LogP contribution in [0, 0.1) is 13.8 Å². The quantitative estimate of drug-likeness (QED) is 0.512. The largest absolute Gasteiger partial charge is 0.495 e. The molecule has 170 valence electrons. The highest BCUT2D eigenvalue weighted by Gasteiger charge is 2.18. The molecule has 4 rings (SSSR count). The van der Waals surface area contributed by atoms with Gasteiger partial charge < -0.3 is 14.0 Å². The van der Waals surface area contributed by atoms with Gasteiger partial charge in [-0.3, -0.25) is 14.8 Å². The van der Waals surface area contributed by atoms with E-state index in [0.29, 0.717) is 0 Å². The Morgan fingerprint density at radius 2 is 1.88 bits per heavy atom. The number of rotatable bonds is 9. The molecule has 32 heavy (non-hydrogen) atoms. The Morgan fingerprint density at radius 1 is 1.06 bits per heavy atom. The Kier molecular flexibility index (Phi) is 7.58. The molecule has 2 aromatic heterocycles. The van der Waals surface area contributed by atoms with Crippen LogP contribution in [-0.2, 0) is 17.8 Å². The molecule has 0 radical (unpaired) electrons. The van der Waals surface area contributed by atoms with Crippen LogP contribution in [0.1, 0.15) is 22.5 Å². The van der Waals surface area contributed by atoms with Crippen LogP contribution < -0.4 is 4.74 Å². The Hall–Kier alpha value is -2.67. The maximum Gasteiger partial charge on any atom is 0.142 e. The number of para-hydroxylation sites is 2. The van der Waals surface area contributed by atoms with E-state index in [1.165, 1.54) is 22.5 Å². The first-order valence-corrected chi connectivity index (χ1v) is 11.4. The SMILES string of the molecule is COc1ccccc1-n1c(C)cc(CN(CCN2CCOCC2)Cc2cccnc2)c1C. The number of benzene rings is 1. The molecule has 6 heteroatoms. The molecule has 0 N–H and O–H groups in total. The maximum absolute atomic E-state index is 5.63. The standard InChI is InChI=1S/C26H34N4O2/c1-21-17-24(22(2)30(21)25-8-4-5-9-26(25)31-3)20-29(19-23-7-6-10-27-18-23)12-11-28-13-15-32-16-14-28/h4-10,17-18H,11-16,19-20H2,1-3H3. The summed E-state index contributed by atoms with van der Waals surface area (Å²) in [4.78, 5) is 9.34. The summed E-state index contributed by atoms with van der Waals surface area (Å²) in [5.74, 6) is 0.889. The number of aryl methyl sites for hydroxylation is 1. The van der Waals surface area contributed by atoms with Gasteiger partial charge in [-0.25, -0.2) is 0 Å². The topological polar surface area (TPSA) is 42.8 Å². The van der Waals surface area contributed by atoms with Crippen LogP contribution in [0.4, 0.5) is 0 Å². The number of pyridine rings is 1. The normalized spacial score (nSPS) is 14.8. The molecular formula is C26H34N4O2. The molecule has 1 aromatic carbocycles. The van der Waals surface area contributed by atoms with Crippen LogP contribution in [0.3, 0.4) is 0 Å². The van der Waals surface area contributed by atoms with Crippen molar-refractivity contribution in [3.8, 4) is 11.4 Å². The molecule has 0 atom stereocenters. The van der Waals surface area contributed by atoms with Crippen LogP contribution in [0.25, 0.3) is 5.69 Å². The predicted molar refractivity (Wildman–Crippen MR) is 127 cm³/mol. The third kappa shape index (κ3) is 5.38. The van der Waals surface area contributed by atoms with Crippen molar-refractivity contribution in [2.24, 2.45) is 0 Å². The summed E-state index contributed by atoms with van der Waals surface area (Å²) in [6.45, 7) is 11.9. The molecule has 0 spiro atoms. The Labute approximate surface area is 191 Å². The third-order valence-electron chi connectivity index (χ3n) is 6.22. The number of hydrogen-bond acceptors (Lipinski definition) is 5. The molecule has 1 fully saturated rings. The minimum atomic E-state index is 0.836. The van der Waals surface area contributed by atoms with Gasteiger partial charge in [0.25, 0.3) is 0 Å². The second-order valence-electron chi connectivity index (χ2n) is 8.43. The zero-order chi connectivity index (χ0) is 22.3. The average molecular weight is 435 g/mol. The first-order valence-electron chi connectivity index (χ1n) is 11.4. The van der Waals surface area contributed by atoms with Gasteiger partial charge in [0.15, 0.2) is 0 Å². The lowest BCUT2D eigenvalue weighted by molar-refractivity contribution is 0.0325. The molecule has 6 nitrogen and oxygen atoms in total. The highest BCUT2D eigenvalue weighted by molar-refractivity contribution is 5.50. The van der Waals surface area contributed by atoms with Crippen molar-refractivity contribution in [3.63, 3.8) is 0 Å². The molecule has 1 saturated heterocycles. The second kappa shape index (κ2) is 10.8. The van der Waals surface area contributed by atoms with Crippen LogP contribution in [0.15, 0.2) is 54.9 Å². The highest BCUT2D eigenvalue weighted by atomic mass is 16.5. The number of nitrogens with zero attached hydrogens (tertiary/aromatic N) is 4. The fourth-order valence-corrected chi connectivity index (χ4v) is 4.49. The third-order valence-corrected chi connectivity index (χ3v) is 6.22. The lowest BCUT2D eigenvalue weighted by atomic mass is 10.2. The number of aromatic nitrogens is 2. The summed E-state index contributed by atoms with van der Waals surface area (Å²) in [6.07, 6.45) is 3.81. The molecular weight excluding hydrogens is 400 g/mol. The summed E-state index contributed by atoms with van der Waals surface area (Å²) in [6, 6.07) is 14.7. The van der Waals surface area contributed by atoms with E-state index in [1.54, 1.807) is 7.11 Å². The fraction of sp³-hybridized carbons (Fsp3) is 0.423. The second-order valence-corrected chi connectivity index (χ2v) is 8.43. The van der Waals surface area contributed by atoms with E-state index in [9.17, 15) is 0 Å². The van der Waals surface area contributed by atoms with Gasteiger partial charge in [-0.15, -0.1) is 0 Å². The number of hydrogen-bond donors (Lipinski definition) is 0. The van der Waals surface area contributed by atoms with Crippen LogP contribution in [0.5, 0.6) is 5.75 Å². The predicted octanol–water partition coefficient (Wildman–Crippen LogP) is 3.83. The summed E-state index contributed by atoms with van der Waals surface area (Å²) in [5, 5.41) is 0. The van der Waals surface area contributed by atoms with Gasteiger partial charge >= 0.3 is 0 Å². The van der Waals surface area contributed by atoms with Crippen LogP contribution in [0.2, 0.25) is 0 Å². The van der Waals surface area contributed by atoms with E-state index in [2.05, 4.69) is 57.5 Å². The van der Waals surface area contributed by atoms with E-state index in [1.807, 2.05) is 30.6 Å². The smallest absolute Gasteiger partial charge is 0.142 e. The molecule has 3 heterocycles. The first-order chi connectivity index (χ1) is 15.7. The lowest BCUT2D eigenvalue weighted by Crippen LogP contribution is -2.41. The average Bonchev–Trinajstić information content (AvgIpc) is 3.11. The lowest BCUT2D eigenvalue weighted by Gasteiger charge is -2.30. The Bertz CT molecular complexity index is 996. The van der Waals surface area contributed by atoms with Gasteiger partial charge in [0.2, 0.25) is 0 Å². The molecule has 0 saturated carbocycles. The van der Waals surface area contributed by atoms with Gasteiger partial charge in [0.05, 0.1) is 26.0 Å². The van der Waals surface area contributed by atoms with E-state index in [4.69, 9.17) is 9.47 Å². The van der Waals surface area contributed by atoms with Crippen molar-refractivity contribution in [1.82, 2.24) is 19.4 Å². The Morgan fingerprint density at radius 3 is 2.62 bits per heavy atom. The molecule has 0 amide bonds. The van der Waals surface area contributed by atoms with Gasteiger partial charge in [0, 0.05) is 63.1 Å². The van der Waals surface area contributed by atoms with Gasteiger partial charge in [-0.05, 0) is 49.2 Å². The van der Waals surface area contributed by atoms with Crippen molar-refractivity contribution in [1.29, 1.82) is 0 Å². The van der Waals surface area contributed by atoms with E-state index < -0.39 is 0 Å². The van der Waals surface area contributed by atoms with Crippen molar-refractivity contribution in [2.75, 3.05) is 46.5 Å². The maximum atomic E-state index is 5.63. The van der Waals surface area contributed by atoms with Crippen molar-refractivity contribution in [2.45, 2.75) is 26.9 Å². The summed E-state index contributed by atoms with van der Waals surface area (Å²) < 4.78 is 13.4. The zero-order valence-corrected chi connectivity index (χ0v) is 19.5. The molecule has 3 aromatic rings. The highest BCUT2D eigenvalue weighted by Crippen LogP contribution is 2.28. The van der Waals surface area contributed by atoms with E-state index in [0.717, 1.165) is 63.9 Å². The summed E-state index contributed by atoms with van der Waals surface area (Å²) in [5.41, 5.74) is 6.15. The van der Waals surface area contributed by atoms with E-state index >= 15 is 0 Å². The van der Waals surface area contributed by atoms with Crippen LogP contribution in [-0.4, -0.2) is 65.9 Å². The molecule has 0 bridgehead atoms. The summed E-state index contributed by atoms with van der Waals surface area (Å²) >= 11 is 0. The van der Waals surface area contributed by atoms with Crippen molar-refractivity contribution in [3.05, 3.63) is 77.4 Å². The van der Waals surface area contributed by atoms with Crippen molar-refractivity contribution >= 4 is 0 Å². The number of methoxy groups -OCH3 is 1. The minimum Gasteiger partial charge on any atom is -0.495 e. The van der Waals surface area contributed by atoms with E-state index in [-0.39, 0.29) is 0 Å². The number of morpholine rings is 1. The zero-order valence-electron chi connectivity index (χ0n) is 19.5. The molecule has 0 aliphatic carbocycles. The van der Waals surface area contributed by atoms with Gasteiger partial charge in [-0.2, -0.15) is 0 Å².